The van der Waals surface area contributed by atoms with E-state index in [4.69, 9.17) is 5.73 Å². The van der Waals surface area contributed by atoms with Crippen LogP contribution in [0.1, 0.15) is 29.0 Å². The monoisotopic (exact) mass is 385 g/mol. The van der Waals surface area contributed by atoms with Crippen molar-refractivity contribution >= 4 is 27.5 Å². The standard InChI is InChI=1S/C17H16BrN5O/c1-11(19)12-2-6-14(7-3-12)21-17(24)16-10-20-23(22-16)15-8-4-13(18)5-9-15/h2-11H,19H2,1H3,(H,21,24). The molecule has 1 unspecified atom stereocenters. The first-order valence-electron chi connectivity index (χ1n) is 7.38. The Morgan fingerprint density at radius 3 is 2.46 bits per heavy atom. The third-order valence-electron chi connectivity index (χ3n) is 3.48. The number of carbonyl (C=O) groups is 1. The Labute approximate surface area is 147 Å². The highest BCUT2D eigenvalue weighted by Gasteiger charge is 2.12. The summed E-state index contributed by atoms with van der Waals surface area (Å²) in [5, 5.41) is 11.1. The van der Waals surface area contributed by atoms with Crippen molar-refractivity contribution in [2.45, 2.75) is 13.0 Å². The second kappa shape index (κ2) is 6.94. The molecule has 0 fully saturated rings. The fourth-order valence-electron chi connectivity index (χ4n) is 2.13. The van der Waals surface area contributed by atoms with Crippen LogP contribution < -0.4 is 11.1 Å². The zero-order valence-electron chi connectivity index (χ0n) is 13.0. The van der Waals surface area contributed by atoms with Crippen molar-refractivity contribution in [3.05, 3.63) is 70.5 Å². The molecule has 2 aromatic carbocycles. The Kier molecular flexibility index (Phi) is 4.73. The molecule has 1 aromatic heterocycles. The summed E-state index contributed by atoms with van der Waals surface area (Å²) in [5.74, 6) is -0.313. The molecule has 0 aliphatic heterocycles. The van der Waals surface area contributed by atoms with Gasteiger partial charge < -0.3 is 11.1 Å². The first-order valence-corrected chi connectivity index (χ1v) is 8.17. The van der Waals surface area contributed by atoms with Gasteiger partial charge in [0.05, 0.1) is 11.9 Å². The number of aromatic nitrogens is 3. The highest BCUT2D eigenvalue weighted by atomic mass is 79.9. The number of nitrogens with zero attached hydrogens (tertiary/aromatic N) is 3. The Hall–Kier alpha value is -2.51. The third-order valence-corrected chi connectivity index (χ3v) is 4.01. The van der Waals surface area contributed by atoms with E-state index in [0.29, 0.717) is 5.69 Å². The second-order valence-electron chi connectivity index (χ2n) is 5.36. The van der Waals surface area contributed by atoms with Gasteiger partial charge in [0, 0.05) is 16.2 Å². The SMILES string of the molecule is CC(N)c1ccc(NC(=O)c2cnn(-c3ccc(Br)cc3)n2)cc1. The van der Waals surface area contributed by atoms with Gasteiger partial charge in [0.1, 0.15) is 0 Å². The lowest BCUT2D eigenvalue weighted by molar-refractivity contribution is 0.102. The summed E-state index contributed by atoms with van der Waals surface area (Å²) < 4.78 is 0.964. The largest absolute Gasteiger partial charge is 0.324 e. The molecule has 0 bridgehead atoms. The predicted octanol–water partition coefficient (Wildman–Crippen LogP) is 3.30. The van der Waals surface area contributed by atoms with E-state index in [1.165, 1.54) is 11.0 Å². The second-order valence-corrected chi connectivity index (χ2v) is 6.28. The summed E-state index contributed by atoms with van der Waals surface area (Å²) in [6.07, 6.45) is 1.44. The van der Waals surface area contributed by atoms with Crippen LogP contribution in [0, 0.1) is 0 Å². The molecule has 6 nitrogen and oxygen atoms in total. The van der Waals surface area contributed by atoms with Crippen LogP contribution in [0.4, 0.5) is 5.69 Å². The lowest BCUT2D eigenvalue weighted by Crippen LogP contribution is -2.13. The van der Waals surface area contributed by atoms with Crippen molar-refractivity contribution in [3.63, 3.8) is 0 Å². The van der Waals surface area contributed by atoms with Crippen LogP contribution in [0.2, 0.25) is 0 Å². The van der Waals surface area contributed by atoms with E-state index in [1.807, 2.05) is 55.5 Å². The summed E-state index contributed by atoms with van der Waals surface area (Å²) in [6.45, 7) is 1.91. The smallest absolute Gasteiger partial charge is 0.277 e. The van der Waals surface area contributed by atoms with Crippen molar-refractivity contribution in [3.8, 4) is 5.69 Å². The van der Waals surface area contributed by atoms with Crippen LogP contribution in [0.15, 0.2) is 59.2 Å². The van der Waals surface area contributed by atoms with Crippen molar-refractivity contribution in [1.82, 2.24) is 15.0 Å². The molecular formula is C17H16BrN5O. The molecule has 0 aliphatic carbocycles. The number of nitrogens with one attached hydrogen (secondary N) is 1. The summed E-state index contributed by atoms with van der Waals surface area (Å²) in [4.78, 5) is 13.7. The quantitative estimate of drug-likeness (QED) is 0.721. The molecule has 3 aromatic rings. The summed E-state index contributed by atoms with van der Waals surface area (Å²) in [7, 11) is 0. The molecule has 0 saturated heterocycles. The Bertz CT molecular complexity index is 840. The van der Waals surface area contributed by atoms with Gasteiger partial charge in [0.15, 0.2) is 5.69 Å². The average molecular weight is 386 g/mol. The molecule has 7 heteroatoms. The number of carbonyl (C=O) groups excluding carboxylic acids is 1. The lowest BCUT2D eigenvalue weighted by Gasteiger charge is -2.07. The van der Waals surface area contributed by atoms with E-state index >= 15 is 0 Å². The van der Waals surface area contributed by atoms with Crippen molar-refractivity contribution in [2.24, 2.45) is 5.73 Å². The van der Waals surface area contributed by atoms with Crippen LogP contribution in [0.25, 0.3) is 5.69 Å². The van der Waals surface area contributed by atoms with Crippen molar-refractivity contribution in [1.29, 1.82) is 0 Å². The number of hydrogen-bond acceptors (Lipinski definition) is 4. The molecule has 0 aliphatic rings. The molecule has 122 valence electrons. The van der Waals surface area contributed by atoms with Gasteiger partial charge in [-0.05, 0) is 48.9 Å². The normalized spacial score (nSPS) is 12.0. The lowest BCUT2D eigenvalue weighted by atomic mass is 10.1. The van der Waals surface area contributed by atoms with E-state index in [9.17, 15) is 4.79 Å². The maximum atomic E-state index is 12.3. The van der Waals surface area contributed by atoms with Gasteiger partial charge in [0.2, 0.25) is 0 Å². The minimum Gasteiger partial charge on any atom is -0.324 e. The summed E-state index contributed by atoms with van der Waals surface area (Å²) in [6, 6.07) is 14.9. The molecule has 1 atom stereocenters. The molecule has 0 saturated carbocycles. The molecule has 0 spiro atoms. The zero-order chi connectivity index (χ0) is 17.1. The Balaban J connectivity index is 1.72. The molecule has 0 radical (unpaired) electrons. The first kappa shape index (κ1) is 16.4. The first-order chi connectivity index (χ1) is 11.5. The van der Waals surface area contributed by atoms with Gasteiger partial charge in [-0.25, -0.2) is 0 Å². The van der Waals surface area contributed by atoms with Gasteiger partial charge in [0.25, 0.3) is 5.91 Å². The fraction of sp³-hybridized carbons (Fsp3) is 0.118. The highest BCUT2D eigenvalue weighted by molar-refractivity contribution is 9.10. The van der Waals surface area contributed by atoms with Crippen LogP contribution in [0.3, 0.4) is 0 Å². The molecular weight excluding hydrogens is 370 g/mol. The minimum atomic E-state index is -0.313. The van der Waals surface area contributed by atoms with Crippen molar-refractivity contribution < 1.29 is 4.79 Å². The number of anilines is 1. The summed E-state index contributed by atoms with van der Waals surface area (Å²) in [5.41, 5.74) is 8.52. The van der Waals surface area contributed by atoms with E-state index < -0.39 is 0 Å². The summed E-state index contributed by atoms with van der Waals surface area (Å²) >= 11 is 3.38. The molecule has 3 N–H and O–H groups in total. The number of halogens is 1. The molecule has 1 heterocycles. The van der Waals surface area contributed by atoms with Crippen LogP contribution in [-0.2, 0) is 0 Å². The topological polar surface area (TPSA) is 85.8 Å². The number of benzene rings is 2. The van der Waals surface area contributed by atoms with Crippen LogP contribution in [-0.4, -0.2) is 20.9 Å². The maximum Gasteiger partial charge on any atom is 0.277 e. The fourth-order valence-corrected chi connectivity index (χ4v) is 2.40. The highest BCUT2D eigenvalue weighted by Crippen LogP contribution is 2.15. The number of nitrogens with two attached hydrogens (primary N) is 1. The molecule has 1 amide bonds. The Morgan fingerprint density at radius 1 is 1.17 bits per heavy atom. The van der Waals surface area contributed by atoms with Crippen LogP contribution >= 0.6 is 15.9 Å². The zero-order valence-corrected chi connectivity index (χ0v) is 14.6. The predicted molar refractivity (Wildman–Crippen MR) is 96.1 cm³/mol. The number of amides is 1. The van der Waals surface area contributed by atoms with Gasteiger partial charge in [-0.15, -0.1) is 5.10 Å². The van der Waals surface area contributed by atoms with E-state index in [0.717, 1.165) is 15.7 Å². The van der Waals surface area contributed by atoms with Gasteiger partial charge in [-0.1, -0.05) is 28.1 Å². The third kappa shape index (κ3) is 3.69. The van der Waals surface area contributed by atoms with Crippen LogP contribution in [0.5, 0.6) is 0 Å². The number of rotatable bonds is 4. The number of hydrogen-bond donors (Lipinski definition) is 2. The molecule has 24 heavy (non-hydrogen) atoms. The van der Waals surface area contributed by atoms with E-state index in [1.54, 1.807) is 0 Å². The molecule has 3 rings (SSSR count). The van der Waals surface area contributed by atoms with E-state index in [2.05, 4.69) is 31.4 Å². The average Bonchev–Trinajstić information content (AvgIpc) is 3.06. The van der Waals surface area contributed by atoms with E-state index in [-0.39, 0.29) is 17.6 Å². The van der Waals surface area contributed by atoms with Crippen molar-refractivity contribution in [2.75, 3.05) is 5.32 Å². The minimum absolute atomic E-state index is 0.0411. The Morgan fingerprint density at radius 2 is 1.83 bits per heavy atom. The van der Waals surface area contributed by atoms with Gasteiger partial charge >= 0.3 is 0 Å². The maximum absolute atomic E-state index is 12.3. The van der Waals surface area contributed by atoms with Gasteiger partial charge in [-0.3, -0.25) is 4.79 Å². The van der Waals surface area contributed by atoms with Gasteiger partial charge in [-0.2, -0.15) is 9.90 Å².